The molecule has 208 valence electrons. The number of aromatic nitrogens is 3. The molecule has 1 atom stereocenters. The number of carboxylic acid groups (broad SMARTS) is 1. The van der Waals surface area contributed by atoms with Gasteiger partial charge in [-0.2, -0.15) is 13.2 Å². The average Bonchev–Trinajstić information content (AvgIpc) is 3.45. The second-order valence-electron chi connectivity index (χ2n) is 10.8. The highest BCUT2D eigenvalue weighted by Gasteiger charge is 2.37. The summed E-state index contributed by atoms with van der Waals surface area (Å²) in [5, 5.41) is 10.3. The largest absolute Gasteiger partial charge is 0.484 e. The van der Waals surface area contributed by atoms with Gasteiger partial charge in [-0.3, -0.25) is 9.55 Å². The van der Waals surface area contributed by atoms with Gasteiger partial charge in [0.1, 0.15) is 23.2 Å². The summed E-state index contributed by atoms with van der Waals surface area (Å²) in [6, 6.07) is 8.41. The van der Waals surface area contributed by atoms with E-state index in [1.54, 1.807) is 17.1 Å². The molecule has 0 aliphatic heterocycles. The first-order valence-corrected chi connectivity index (χ1v) is 16.0. The van der Waals surface area contributed by atoms with Crippen LogP contribution in [0.2, 0.25) is 18.1 Å². The van der Waals surface area contributed by atoms with Crippen molar-refractivity contribution in [3.8, 4) is 10.8 Å². The van der Waals surface area contributed by atoms with Crippen molar-refractivity contribution in [2.24, 2.45) is 0 Å². The lowest BCUT2D eigenvalue weighted by atomic mass is 10.0. The Morgan fingerprint density at radius 1 is 1.15 bits per heavy atom. The highest BCUT2D eigenvalue weighted by Crippen LogP contribution is 2.40. The Hall–Kier alpha value is -3.22. The van der Waals surface area contributed by atoms with Crippen LogP contribution in [-0.4, -0.2) is 33.9 Å². The van der Waals surface area contributed by atoms with Crippen LogP contribution >= 0.6 is 11.3 Å². The van der Waals surface area contributed by atoms with Crippen LogP contribution in [-0.2, 0) is 17.2 Å². The summed E-state index contributed by atoms with van der Waals surface area (Å²) >= 11 is 0.937. The van der Waals surface area contributed by atoms with E-state index in [0.29, 0.717) is 22.6 Å². The van der Waals surface area contributed by atoms with Crippen LogP contribution in [0.25, 0.3) is 16.0 Å². The summed E-state index contributed by atoms with van der Waals surface area (Å²) in [6.07, 6.45) is -2.42. The van der Waals surface area contributed by atoms with Gasteiger partial charge in [0.05, 0.1) is 35.1 Å². The van der Waals surface area contributed by atoms with Gasteiger partial charge in [-0.1, -0.05) is 39.0 Å². The molecule has 0 aliphatic carbocycles. The van der Waals surface area contributed by atoms with E-state index < -0.39 is 32.1 Å². The quantitative estimate of drug-likeness (QED) is 0.215. The van der Waals surface area contributed by atoms with Gasteiger partial charge in [0.15, 0.2) is 13.2 Å². The summed E-state index contributed by atoms with van der Waals surface area (Å²) in [6.45, 7) is 12.6. The number of halogens is 3. The van der Waals surface area contributed by atoms with Crippen molar-refractivity contribution in [1.29, 1.82) is 0 Å². The molecule has 4 aromatic rings. The number of carboxylic acids is 1. The van der Waals surface area contributed by atoms with Crippen LogP contribution in [0.1, 0.15) is 60.3 Å². The van der Waals surface area contributed by atoms with Crippen LogP contribution in [0, 0.1) is 0 Å². The van der Waals surface area contributed by atoms with Gasteiger partial charge in [0, 0.05) is 11.6 Å². The number of nitrogens with zero attached hydrogens (tertiary/aromatic N) is 3. The number of hydrogen-bond donors (Lipinski definition) is 1. The smallest absolute Gasteiger partial charge is 0.416 e. The fraction of sp³-hybridized carbons (Fsp3) is 0.370. The molecule has 0 saturated carbocycles. The van der Waals surface area contributed by atoms with E-state index in [0.717, 1.165) is 23.1 Å². The van der Waals surface area contributed by atoms with Crippen LogP contribution in [0.3, 0.4) is 0 Å². The molecule has 0 radical (unpaired) electrons. The van der Waals surface area contributed by atoms with Crippen molar-refractivity contribution in [3.63, 3.8) is 0 Å². The van der Waals surface area contributed by atoms with E-state index in [1.807, 2.05) is 6.07 Å². The minimum Gasteiger partial charge on any atom is -0.484 e. The van der Waals surface area contributed by atoms with E-state index >= 15 is 0 Å². The Morgan fingerprint density at radius 3 is 2.49 bits per heavy atom. The Balaban J connectivity index is 1.62. The Labute approximate surface area is 229 Å². The third kappa shape index (κ3) is 6.02. The molecule has 12 heteroatoms. The first-order chi connectivity index (χ1) is 18.1. The zero-order chi connectivity index (χ0) is 28.8. The standard InChI is InChI=1S/C27H30F3N3O4SSi/c1-16(18-9-7-8-10-19(18)27(28,29)30)37-22-12-23(38-24(22)25(34)35)33-15-32-20-11-17(31-13-21(20)33)14-36-39(5,6)26(2,3)4/h7-13,15-16H,14H2,1-6H3,(H,34,35). The number of rotatable bonds is 8. The zero-order valence-electron chi connectivity index (χ0n) is 22.5. The molecule has 1 N–H and O–H groups in total. The SMILES string of the molecule is CC(Oc1cc(-n2cnc3cc(CO[Si](C)(C)C(C)(C)C)ncc32)sc1C(=O)O)c1ccccc1C(F)(F)F. The highest BCUT2D eigenvalue weighted by atomic mass is 32.1. The molecule has 3 aromatic heterocycles. The molecule has 0 spiro atoms. The fourth-order valence-electron chi connectivity index (χ4n) is 3.76. The zero-order valence-corrected chi connectivity index (χ0v) is 24.3. The lowest BCUT2D eigenvalue weighted by Crippen LogP contribution is -2.40. The second kappa shape index (κ2) is 10.4. The maximum atomic E-state index is 13.5. The topological polar surface area (TPSA) is 86.5 Å². The summed E-state index contributed by atoms with van der Waals surface area (Å²) in [5.41, 5.74) is 1.12. The number of fused-ring (bicyclic) bond motifs is 1. The normalized spacial score (nSPS) is 13.6. The van der Waals surface area contributed by atoms with Gasteiger partial charge in [0.25, 0.3) is 0 Å². The number of hydrogen-bond acceptors (Lipinski definition) is 6. The van der Waals surface area contributed by atoms with E-state index in [9.17, 15) is 23.1 Å². The van der Waals surface area contributed by atoms with Crippen LogP contribution < -0.4 is 4.74 Å². The average molecular weight is 578 g/mol. The Morgan fingerprint density at radius 2 is 1.85 bits per heavy atom. The molecule has 3 heterocycles. The number of pyridine rings is 1. The second-order valence-corrected chi connectivity index (χ2v) is 16.6. The van der Waals surface area contributed by atoms with Gasteiger partial charge in [-0.05, 0) is 37.2 Å². The molecule has 0 bridgehead atoms. The monoisotopic (exact) mass is 577 g/mol. The lowest BCUT2D eigenvalue weighted by Gasteiger charge is -2.36. The molecule has 7 nitrogen and oxygen atoms in total. The summed E-state index contributed by atoms with van der Waals surface area (Å²) in [7, 11) is -1.97. The van der Waals surface area contributed by atoms with Gasteiger partial charge in [0.2, 0.25) is 0 Å². The third-order valence-corrected chi connectivity index (χ3v) is 12.6. The summed E-state index contributed by atoms with van der Waals surface area (Å²) in [5.74, 6) is -1.27. The molecule has 1 aromatic carbocycles. The molecule has 0 saturated heterocycles. The van der Waals surface area contributed by atoms with E-state index in [4.69, 9.17) is 9.16 Å². The molecular weight excluding hydrogens is 547 g/mol. The molecule has 0 fully saturated rings. The van der Waals surface area contributed by atoms with Crippen molar-refractivity contribution < 1.29 is 32.2 Å². The fourth-order valence-corrected chi connectivity index (χ4v) is 5.61. The first kappa shape index (κ1) is 28.8. The highest BCUT2D eigenvalue weighted by molar-refractivity contribution is 7.16. The van der Waals surface area contributed by atoms with E-state index in [-0.39, 0.29) is 21.2 Å². The van der Waals surface area contributed by atoms with Crippen molar-refractivity contribution in [3.05, 3.63) is 70.6 Å². The van der Waals surface area contributed by atoms with Crippen molar-refractivity contribution in [2.75, 3.05) is 0 Å². The first-order valence-electron chi connectivity index (χ1n) is 12.2. The molecule has 0 amide bonds. The van der Waals surface area contributed by atoms with Crippen LogP contribution in [0.4, 0.5) is 13.2 Å². The number of ether oxygens (including phenoxy) is 1. The minimum absolute atomic E-state index is 0.0267. The van der Waals surface area contributed by atoms with Gasteiger partial charge >= 0.3 is 12.1 Å². The van der Waals surface area contributed by atoms with Crippen LogP contribution in [0.15, 0.2) is 48.9 Å². The van der Waals surface area contributed by atoms with Gasteiger partial charge in [-0.15, -0.1) is 11.3 Å². The predicted octanol–water partition coefficient (Wildman–Crippen LogP) is 7.86. The lowest BCUT2D eigenvalue weighted by molar-refractivity contribution is -0.139. The number of thiophene rings is 1. The number of carbonyl (C=O) groups is 1. The maximum Gasteiger partial charge on any atom is 0.416 e. The van der Waals surface area contributed by atoms with Gasteiger partial charge < -0.3 is 14.3 Å². The van der Waals surface area contributed by atoms with Crippen molar-refractivity contribution in [1.82, 2.24) is 14.5 Å². The molecule has 39 heavy (non-hydrogen) atoms. The van der Waals surface area contributed by atoms with Crippen LogP contribution in [0.5, 0.6) is 5.75 Å². The number of benzene rings is 1. The number of alkyl halides is 3. The van der Waals surface area contributed by atoms with Gasteiger partial charge in [-0.25, -0.2) is 9.78 Å². The minimum atomic E-state index is -4.57. The van der Waals surface area contributed by atoms with E-state index in [1.165, 1.54) is 31.2 Å². The number of aromatic carboxylic acids is 1. The van der Waals surface area contributed by atoms with E-state index in [2.05, 4.69) is 43.8 Å². The molecule has 4 rings (SSSR count). The van der Waals surface area contributed by atoms with Crippen molar-refractivity contribution in [2.45, 2.75) is 64.7 Å². The predicted molar refractivity (Wildman–Crippen MR) is 146 cm³/mol. The Bertz CT molecular complexity index is 1510. The third-order valence-electron chi connectivity index (χ3n) is 7.00. The molecule has 1 unspecified atom stereocenters. The molecule has 0 aliphatic rings. The summed E-state index contributed by atoms with van der Waals surface area (Å²) < 4.78 is 54.3. The Kier molecular flexibility index (Phi) is 7.67. The molecular formula is C27H30F3N3O4SSi. The number of imidazole rings is 1. The van der Waals surface area contributed by atoms with Crippen molar-refractivity contribution >= 4 is 36.7 Å². The summed E-state index contributed by atoms with van der Waals surface area (Å²) in [4.78, 5) is 20.8. The maximum absolute atomic E-state index is 13.5.